The van der Waals surface area contributed by atoms with Crippen LogP contribution in [0.5, 0.6) is 5.88 Å². The number of pyridine rings is 1. The van der Waals surface area contributed by atoms with Crippen LogP contribution >= 0.6 is 0 Å². The molecule has 1 rings (SSSR count). The highest BCUT2D eigenvalue weighted by atomic mass is 16.5. The van der Waals surface area contributed by atoms with Gasteiger partial charge in [0.1, 0.15) is 0 Å². The maximum Gasteiger partial charge on any atom is 0.340 e. The molecule has 0 radical (unpaired) electrons. The average molecular weight is 238 g/mol. The van der Waals surface area contributed by atoms with Crippen molar-refractivity contribution in [2.75, 3.05) is 12.3 Å². The molecule has 5 heteroatoms. The van der Waals surface area contributed by atoms with Crippen LogP contribution in [0.3, 0.4) is 0 Å². The summed E-state index contributed by atoms with van der Waals surface area (Å²) in [5.41, 5.74) is 6.25. The minimum absolute atomic E-state index is 0.0428. The molecule has 0 saturated heterocycles. The maximum atomic E-state index is 11.6. The first-order chi connectivity index (χ1) is 8.08. The minimum atomic E-state index is -0.457. The van der Waals surface area contributed by atoms with Crippen molar-refractivity contribution in [3.8, 4) is 5.88 Å². The molecule has 94 valence electrons. The molecule has 0 bridgehead atoms. The van der Waals surface area contributed by atoms with E-state index in [9.17, 15) is 4.79 Å². The molecule has 1 heterocycles. The standard InChI is InChI=1S/C12H18N2O3/c1-4-8(3)17-11-6-9(10(13)7-14-11)12(15)16-5-2/h6-8H,4-5,13H2,1-3H3. The number of anilines is 1. The van der Waals surface area contributed by atoms with E-state index in [4.69, 9.17) is 15.2 Å². The molecule has 5 nitrogen and oxygen atoms in total. The molecule has 0 aliphatic carbocycles. The third-order valence-electron chi connectivity index (χ3n) is 2.30. The number of nitrogens with zero attached hydrogens (tertiary/aromatic N) is 1. The number of rotatable bonds is 5. The fourth-order valence-electron chi connectivity index (χ4n) is 1.19. The lowest BCUT2D eigenvalue weighted by Gasteiger charge is -2.12. The zero-order chi connectivity index (χ0) is 12.8. The van der Waals surface area contributed by atoms with Crippen molar-refractivity contribution in [1.29, 1.82) is 0 Å². The van der Waals surface area contributed by atoms with Crippen LogP contribution in [-0.4, -0.2) is 23.7 Å². The number of carbonyl (C=O) groups excluding carboxylic acids is 1. The summed E-state index contributed by atoms with van der Waals surface area (Å²) in [6.07, 6.45) is 2.31. The van der Waals surface area contributed by atoms with E-state index < -0.39 is 5.97 Å². The molecular weight excluding hydrogens is 220 g/mol. The van der Waals surface area contributed by atoms with Crippen molar-refractivity contribution < 1.29 is 14.3 Å². The molecule has 17 heavy (non-hydrogen) atoms. The number of hydrogen-bond acceptors (Lipinski definition) is 5. The number of nitrogens with two attached hydrogens (primary N) is 1. The van der Waals surface area contributed by atoms with Gasteiger partial charge in [0.15, 0.2) is 0 Å². The van der Waals surface area contributed by atoms with Gasteiger partial charge in [-0.3, -0.25) is 0 Å². The summed E-state index contributed by atoms with van der Waals surface area (Å²) in [6.45, 7) is 5.99. The maximum absolute atomic E-state index is 11.6. The lowest BCUT2D eigenvalue weighted by atomic mass is 10.2. The minimum Gasteiger partial charge on any atom is -0.475 e. The van der Waals surface area contributed by atoms with Crippen LogP contribution in [0.1, 0.15) is 37.6 Å². The first kappa shape index (κ1) is 13.3. The van der Waals surface area contributed by atoms with E-state index in [1.165, 1.54) is 12.3 Å². The Morgan fingerprint density at radius 3 is 2.82 bits per heavy atom. The smallest absolute Gasteiger partial charge is 0.340 e. The van der Waals surface area contributed by atoms with Crippen molar-refractivity contribution in [3.63, 3.8) is 0 Å². The Morgan fingerprint density at radius 2 is 2.24 bits per heavy atom. The molecule has 1 unspecified atom stereocenters. The predicted octanol–water partition coefficient (Wildman–Crippen LogP) is 2.02. The van der Waals surface area contributed by atoms with Crippen molar-refractivity contribution in [1.82, 2.24) is 4.98 Å². The average Bonchev–Trinajstić information content (AvgIpc) is 2.31. The second-order valence-corrected chi connectivity index (χ2v) is 3.67. The van der Waals surface area contributed by atoms with E-state index in [2.05, 4.69) is 4.98 Å². The number of ether oxygens (including phenoxy) is 2. The van der Waals surface area contributed by atoms with E-state index in [0.717, 1.165) is 6.42 Å². The second-order valence-electron chi connectivity index (χ2n) is 3.67. The van der Waals surface area contributed by atoms with Crippen LogP contribution in [0.15, 0.2) is 12.3 Å². The summed E-state index contributed by atoms with van der Waals surface area (Å²) >= 11 is 0. The number of nitrogen functional groups attached to an aromatic ring is 1. The van der Waals surface area contributed by atoms with Crippen LogP contribution in [0.25, 0.3) is 0 Å². The zero-order valence-corrected chi connectivity index (χ0v) is 10.4. The molecule has 0 saturated carbocycles. The van der Waals surface area contributed by atoms with Crippen LogP contribution in [0.2, 0.25) is 0 Å². The Balaban J connectivity index is 2.90. The summed E-state index contributed by atoms with van der Waals surface area (Å²) < 4.78 is 10.4. The summed E-state index contributed by atoms with van der Waals surface area (Å²) in [6, 6.07) is 1.51. The van der Waals surface area contributed by atoms with Crippen LogP contribution in [0, 0.1) is 0 Å². The van der Waals surface area contributed by atoms with Gasteiger partial charge in [0.2, 0.25) is 5.88 Å². The van der Waals surface area contributed by atoms with Gasteiger partial charge in [-0.15, -0.1) is 0 Å². The number of carbonyl (C=O) groups is 1. The van der Waals surface area contributed by atoms with Gasteiger partial charge in [-0.05, 0) is 20.3 Å². The first-order valence-corrected chi connectivity index (χ1v) is 5.67. The molecule has 0 aliphatic rings. The third kappa shape index (κ3) is 3.62. The summed E-state index contributed by atoms with van der Waals surface area (Å²) in [4.78, 5) is 15.6. The summed E-state index contributed by atoms with van der Waals surface area (Å²) in [7, 11) is 0. The van der Waals surface area contributed by atoms with Gasteiger partial charge in [0, 0.05) is 6.07 Å². The molecule has 0 fully saturated rings. The zero-order valence-electron chi connectivity index (χ0n) is 10.4. The van der Waals surface area contributed by atoms with Crippen LogP contribution in [0.4, 0.5) is 5.69 Å². The second kappa shape index (κ2) is 6.08. The van der Waals surface area contributed by atoms with Crippen molar-refractivity contribution >= 4 is 11.7 Å². The van der Waals surface area contributed by atoms with Gasteiger partial charge >= 0.3 is 5.97 Å². The van der Waals surface area contributed by atoms with Crippen LogP contribution < -0.4 is 10.5 Å². The first-order valence-electron chi connectivity index (χ1n) is 5.67. The molecule has 0 amide bonds. The van der Waals surface area contributed by atoms with Gasteiger partial charge < -0.3 is 15.2 Å². The number of esters is 1. The molecule has 1 atom stereocenters. The molecular formula is C12H18N2O3. The monoisotopic (exact) mass is 238 g/mol. The molecule has 0 spiro atoms. The van der Waals surface area contributed by atoms with E-state index in [1.807, 2.05) is 13.8 Å². The van der Waals surface area contributed by atoms with Gasteiger partial charge in [-0.25, -0.2) is 9.78 Å². The Labute approximate surface area is 101 Å². The summed E-state index contributed by atoms with van der Waals surface area (Å²) in [5.74, 6) is -0.0713. The highest BCUT2D eigenvalue weighted by Gasteiger charge is 2.13. The summed E-state index contributed by atoms with van der Waals surface area (Å²) in [5, 5.41) is 0. The highest BCUT2D eigenvalue weighted by Crippen LogP contribution is 2.18. The highest BCUT2D eigenvalue weighted by molar-refractivity contribution is 5.95. The topological polar surface area (TPSA) is 74.4 Å². The van der Waals surface area contributed by atoms with Gasteiger partial charge in [-0.1, -0.05) is 6.92 Å². The van der Waals surface area contributed by atoms with E-state index in [-0.39, 0.29) is 6.10 Å². The lowest BCUT2D eigenvalue weighted by Crippen LogP contribution is -2.13. The van der Waals surface area contributed by atoms with E-state index in [0.29, 0.717) is 23.7 Å². The predicted molar refractivity (Wildman–Crippen MR) is 65.0 cm³/mol. The number of aromatic nitrogens is 1. The van der Waals surface area contributed by atoms with Crippen molar-refractivity contribution in [3.05, 3.63) is 17.8 Å². The van der Waals surface area contributed by atoms with Gasteiger partial charge in [0.05, 0.1) is 30.2 Å². The molecule has 1 aromatic rings. The third-order valence-corrected chi connectivity index (χ3v) is 2.30. The molecule has 0 aromatic carbocycles. The Hall–Kier alpha value is -1.78. The van der Waals surface area contributed by atoms with E-state index in [1.54, 1.807) is 6.92 Å². The van der Waals surface area contributed by atoms with Gasteiger partial charge in [0.25, 0.3) is 0 Å². The fraction of sp³-hybridized carbons (Fsp3) is 0.500. The largest absolute Gasteiger partial charge is 0.475 e. The SMILES string of the molecule is CCOC(=O)c1cc(OC(C)CC)ncc1N. The Kier molecular flexibility index (Phi) is 4.75. The van der Waals surface area contributed by atoms with Gasteiger partial charge in [-0.2, -0.15) is 0 Å². The van der Waals surface area contributed by atoms with Crippen LogP contribution in [-0.2, 0) is 4.74 Å². The van der Waals surface area contributed by atoms with Crippen molar-refractivity contribution in [2.24, 2.45) is 0 Å². The molecule has 2 N–H and O–H groups in total. The quantitative estimate of drug-likeness (QED) is 0.794. The Bertz CT molecular complexity index is 393. The van der Waals surface area contributed by atoms with E-state index >= 15 is 0 Å². The molecule has 0 aliphatic heterocycles. The number of hydrogen-bond donors (Lipinski definition) is 1. The Morgan fingerprint density at radius 1 is 1.53 bits per heavy atom. The fourth-order valence-corrected chi connectivity index (χ4v) is 1.19. The lowest BCUT2D eigenvalue weighted by molar-refractivity contribution is 0.0526. The van der Waals surface area contributed by atoms with Crippen molar-refractivity contribution in [2.45, 2.75) is 33.3 Å². The molecule has 1 aromatic heterocycles. The normalized spacial score (nSPS) is 11.9.